The molecule has 1 aromatic heterocycles. The van der Waals surface area contributed by atoms with Crippen LogP contribution in [0.5, 0.6) is 11.5 Å². The van der Waals surface area contributed by atoms with Crippen molar-refractivity contribution < 1.29 is 19.1 Å². The summed E-state index contributed by atoms with van der Waals surface area (Å²) >= 11 is 1.37. The number of benzene rings is 1. The van der Waals surface area contributed by atoms with Gasteiger partial charge in [-0.25, -0.2) is 0 Å². The molecule has 0 unspecified atom stereocenters. The number of nitrogens with one attached hydrogen (secondary N) is 1. The molecule has 0 aliphatic rings. The number of likely N-dealkylation sites (N-methyl/N-ethyl adjacent to an activating group) is 1. The summed E-state index contributed by atoms with van der Waals surface area (Å²) in [5.74, 6) is 0.468. The van der Waals surface area contributed by atoms with Crippen molar-refractivity contribution in [2.75, 3.05) is 21.3 Å². The Kier molecular flexibility index (Phi) is 6.57. The fourth-order valence-electron chi connectivity index (χ4n) is 2.57. The van der Waals surface area contributed by atoms with E-state index in [1.54, 1.807) is 29.8 Å². The third-order valence-corrected chi connectivity index (χ3v) is 4.81. The molecule has 7 nitrogen and oxygen atoms in total. The molecule has 1 heterocycles. The Labute approximate surface area is 156 Å². The highest BCUT2D eigenvalue weighted by Crippen LogP contribution is 2.27. The zero-order valence-electron chi connectivity index (χ0n) is 15.5. The lowest BCUT2D eigenvalue weighted by atomic mass is 10.2. The van der Waals surface area contributed by atoms with Crippen LogP contribution < -0.4 is 19.6 Å². The summed E-state index contributed by atoms with van der Waals surface area (Å²) in [6.45, 7) is 3.83. The van der Waals surface area contributed by atoms with Gasteiger partial charge in [-0.2, -0.15) is 4.99 Å². The second-order valence-corrected chi connectivity index (χ2v) is 6.77. The molecule has 0 saturated carbocycles. The fraction of sp³-hybridized carbons (Fsp3) is 0.389. The van der Waals surface area contributed by atoms with Gasteiger partial charge < -0.3 is 19.4 Å². The van der Waals surface area contributed by atoms with Crippen LogP contribution in [0.2, 0.25) is 0 Å². The molecule has 2 amide bonds. The Hall–Kier alpha value is -2.61. The Bertz CT molecular complexity index is 870. The van der Waals surface area contributed by atoms with E-state index in [2.05, 4.69) is 10.3 Å². The summed E-state index contributed by atoms with van der Waals surface area (Å²) in [5.41, 5.74) is 0.383. The first-order valence-corrected chi connectivity index (χ1v) is 8.98. The number of nitrogens with zero attached hydrogens (tertiary/aromatic N) is 2. The number of thiazole rings is 1. The summed E-state index contributed by atoms with van der Waals surface area (Å²) in [7, 11) is 4.64. The van der Waals surface area contributed by atoms with Crippen molar-refractivity contribution >= 4 is 23.2 Å². The van der Waals surface area contributed by atoms with Crippen molar-refractivity contribution in [1.29, 1.82) is 0 Å². The second kappa shape index (κ2) is 8.66. The van der Waals surface area contributed by atoms with Crippen LogP contribution in [-0.4, -0.2) is 37.6 Å². The molecule has 0 aliphatic heterocycles. The molecule has 140 valence electrons. The maximum atomic E-state index is 12.6. The summed E-state index contributed by atoms with van der Waals surface area (Å²) < 4.78 is 12.2. The third-order valence-electron chi connectivity index (χ3n) is 3.89. The molecule has 0 bridgehead atoms. The second-order valence-electron chi connectivity index (χ2n) is 5.56. The van der Waals surface area contributed by atoms with E-state index in [1.165, 1.54) is 25.6 Å². The number of ether oxygens (including phenoxy) is 2. The molecule has 2 aromatic rings. The van der Waals surface area contributed by atoms with Crippen LogP contribution in [-0.2, 0) is 4.79 Å². The largest absolute Gasteiger partial charge is 0.493 e. The SMILES string of the molecule is CC[C@@H](C(=O)NC)n1cc(C)sc1=NC(=O)c1ccc(OC)c(OC)c1. The molecule has 1 aromatic carbocycles. The maximum Gasteiger partial charge on any atom is 0.279 e. The molecule has 0 radical (unpaired) electrons. The van der Waals surface area contributed by atoms with E-state index in [1.807, 2.05) is 20.0 Å². The van der Waals surface area contributed by atoms with Gasteiger partial charge in [-0.15, -0.1) is 11.3 Å². The lowest BCUT2D eigenvalue weighted by Gasteiger charge is -2.14. The summed E-state index contributed by atoms with van der Waals surface area (Å²) in [5, 5.41) is 2.65. The van der Waals surface area contributed by atoms with Gasteiger partial charge in [0.1, 0.15) is 6.04 Å². The van der Waals surface area contributed by atoms with Gasteiger partial charge in [-0.3, -0.25) is 9.59 Å². The van der Waals surface area contributed by atoms with Crippen molar-refractivity contribution in [2.45, 2.75) is 26.3 Å². The van der Waals surface area contributed by atoms with Gasteiger partial charge in [-0.05, 0) is 31.5 Å². The molecule has 1 N–H and O–H groups in total. The third kappa shape index (κ3) is 4.13. The van der Waals surface area contributed by atoms with Gasteiger partial charge in [0.2, 0.25) is 5.91 Å². The first kappa shape index (κ1) is 19.7. The number of aromatic nitrogens is 1. The fourth-order valence-corrected chi connectivity index (χ4v) is 3.44. The molecule has 26 heavy (non-hydrogen) atoms. The number of rotatable bonds is 6. The van der Waals surface area contributed by atoms with Crippen LogP contribution in [0.1, 0.15) is 34.6 Å². The minimum absolute atomic E-state index is 0.120. The van der Waals surface area contributed by atoms with Crippen molar-refractivity contribution in [2.24, 2.45) is 4.99 Å². The van der Waals surface area contributed by atoms with Gasteiger partial charge in [0, 0.05) is 23.7 Å². The average molecular weight is 377 g/mol. The summed E-state index contributed by atoms with van der Waals surface area (Å²) in [4.78, 5) is 30.4. The highest BCUT2D eigenvalue weighted by molar-refractivity contribution is 7.09. The normalized spacial score (nSPS) is 12.6. The topological polar surface area (TPSA) is 81.9 Å². The molecule has 0 aliphatic carbocycles. The maximum absolute atomic E-state index is 12.6. The van der Waals surface area contributed by atoms with Gasteiger partial charge in [0.05, 0.1) is 14.2 Å². The van der Waals surface area contributed by atoms with Gasteiger partial charge in [0.15, 0.2) is 16.3 Å². The smallest absolute Gasteiger partial charge is 0.279 e. The number of carbonyl (C=O) groups excluding carboxylic acids is 2. The molecular weight excluding hydrogens is 354 g/mol. The number of methoxy groups -OCH3 is 2. The highest BCUT2D eigenvalue weighted by Gasteiger charge is 2.19. The van der Waals surface area contributed by atoms with Gasteiger partial charge in [0.25, 0.3) is 5.91 Å². The van der Waals surface area contributed by atoms with E-state index < -0.39 is 11.9 Å². The molecule has 0 spiro atoms. The molecule has 1 atom stereocenters. The Balaban J connectivity index is 2.47. The standard InChI is InChI=1S/C18H23N3O4S/c1-6-13(17(23)19-3)21-10-11(2)26-18(21)20-16(22)12-7-8-14(24-4)15(9-12)25-5/h7-10,13H,6H2,1-5H3,(H,19,23)/t13-/m0/s1. The number of aryl methyl sites for hydroxylation is 1. The first-order chi connectivity index (χ1) is 12.4. The Morgan fingerprint density at radius 3 is 2.54 bits per heavy atom. The minimum atomic E-state index is -0.415. The van der Waals surface area contributed by atoms with Gasteiger partial charge >= 0.3 is 0 Å². The average Bonchev–Trinajstić information content (AvgIpc) is 3.01. The van der Waals surface area contributed by atoms with Crippen molar-refractivity contribution in [1.82, 2.24) is 9.88 Å². The van der Waals surface area contributed by atoms with E-state index >= 15 is 0 Å². The van der Waals surface area contributed by atoms with E-state index in [0.717, 1.165) is 4.88 Å². The van der Waals surface area contributed by atoms with Crippen LogP contribution in [0.4, 0.5) is 0 Å². The van der Waals surface area contributed by atoms with Crippen LogP contribution in [0.25, 0.3) is 0 Å². The van der Waals surface area contributed by atoms with Crippen molar-refractivity contribution in [3.8, 4) is 11.5 Å². The highest BCUT2D eigenvalue weighted by atomic mass is 32.1. The van der Waals surface area contributed by atoms with E-state index in [9.17, 15) is 9.59 Å². The molecule has 0 saturated heterocycles. The van der Waals surface area contributed by atoms with Crippen LogP contribution in [0.15, 0.2) is 29.4 Å². The minimum Gasteiger partial charge on any atom is -0.493 e. The number of carbonyl (C=O) groups is 2. The van der Waals surface area contributed by atoms with Crippen LogP contribution in [0.3, 0.4) is 0 Å². The number of hydrogen-bond donors (Lipinski definition) is 1. The zero-order chi connectivity index (χ0) is 19.3. The first-order valence-electron chi connectivity index (χ1n) is 8.16. The Morgan fingerprint density at radius 2 is 1.96 bits per heavy atom. The van der Waals surface area contributed by atoms with Crippen molar-refractivity contribution in [3.63, 3.8) is 0 Å². The van der Waals surface area contributed by atoms with E-state index in [-0.39, 0.29) is 5.91 Å². The van der Waals surface area contributed by atoms with Gasteiger partial charge in [-0.1, -0.05) is 6.92 Å². The Morgan fingerprint density at radius 1 is 1.27 bits per heavy atom. The zero-order valence-corrected chi connectivity index (χ0v) is 16.3. The summed E-state index contributed by atoms with van der Waals surface area (Å²) in [6.07, 6.45) is 2.43. The predicted molar refractivity (Wildman–Crippen MR) is 99.9 cm³/mol. The molecule has 2 rings (SSSR count). The predicted octanol–water partition coefficient (Wildman–Crippen LogP) is 2.31. The summed E-state index contributed by atoms with van der Waals surface area (Å²) in [6, 6.07) is 4.47. The number of amides is 2. The quantitative estimate of drug-likeness (QED) is 0.838. The number of hydrogen-bond acceptors (Lipinski definition) is 5. The van der Waals surface area contributed by atoms with Crippen LogP contribution in [0, 0.1) is 6.92 Å². The van der Waals surface area contributed by atoms with Crippen molar-refractivity contribution in [3.05, 3.63) is 39.6 Å². The lowest BCUT2D eigenvalue weighted by molar-refractivity contribution is -0.124. The monoisotopic (exact) mass is 377 g/mol. The van der Waals surface area contributed by atoms with E-state index in [0.29, 0.717) is 28.3 Å². The van der Waals surface area contributed by atoms with E-state index in [4.69, 9.17) is 9.47 Å². The molecular formula is C18H23N3O4S. The molecule has 8 heteroatoms. The molecule has 0 fully saturated rings. The van der Waals surface area contributed by atoms with Crippen LogP contribution >= 0.6 is 11.3 Å². The lowest BCUT2D eigenvalue weighted by Crippen LogP contribution is -2.33.